The second kappa shape index (κ2) is 10.5. The van der Waals surface area contributed by atoms with Crippen LogP contribution in [0.2, 0.25) is 0 Å². The Bertz CT molecular complexity index is 605. The first-order valence-corrected chi connectivity index (χ1v) is 8.54. The second-order valence-corrected chi connectivity index (χ2v) is 6.05. The summed E-state index contributed by atoms with van der Waals surface area (Å²) in [6, 6.07) is 3.21. The number of esters is 1. The van der Waals surface area contributed by atoms with Crippen molar-refractivity contribution in [1.82, 2.24) is 0 Å². The predicted octanol–water partition coefficient (Wildman–Crippen LogP) is 2.24. The average molecular weight is 369 g/mol. The van der Waals surface area contributed by atoms with E-state index in [1.807, 2.05) is 6.92 Å². The van der Waals surface area contributed by atoms with Crippen LogP contribution >= 0.6 is 0 Å². The number of phenolic OH excluding ortho intramolecular Hbond substituents is 2. The summed E-state index contributed by atoms with van der Waals surface area (Å²) in [7, 11) is 0. The molecule has 1 aromatic rings. The number of nitrogens with two attached hydrogens (primary N) is 1. The zero-order chi connectivity index (χ0) is 19.7. The first kappa shape index (κ1) is 21.6. The van der Waals surface area contributed by atoms with Crippen LogP contribution < -0.4 is 5.73 Å². The fraction of sp³-hybridized carbons (Fsp3) is 0.556. The number of hydrogen-bond donors (Lipinski definition) is 3. The first-order valence-electron chi connectivity index (χ1n) is 8.54. The highest BCUT2D eigenvalue weighted by atomic mass is 16.7. The summed E-state index contributed by atoms with van der Waals surface area (Å²) in [6.45, 7) is 5.42. The largest absolute Gasteiger partial charge is 0.508 e. The highest BCUT2D eigenvalue weighted by Crippen LogP contribution is 2.25. The first-order chi connectivity index (χ1) is 12.2. The molecule has 146 valence electrons. The van der Waals surface area contributed by atoms with Crippen molar-refractivity contribution in [2.75, 3.05) is 6.61 Å². The molecule has 0 aromatic heterocycles. The summed E-state index contributed by atoms with van der Waals surface area (Å²) < 4.78 is 15.1. The van der Waals surface area contributed by atoms with Crippen molar-refractivity contribution in [3.63, 3.8) is 0 Å². The van der Waals surface area contributed by atoms with E-state index >= 15 is 0 Å². The van der Waals surface area contributed by atoms with Gasteiger partial charge in [0.25, 0.3) is 0 Å². The van der Waals surface area contributed by atoms with E-state index in [-0.39, 0.29) is 24.5 Å². The number of phenols is 2. The summed E-state index contributed by atoms with van der Waals surface area (Å²) in [5.74, 6) is -1.21. The van der Waals surface area contributed by atoms with Crippen LogP contribution in [0.3, 0.4) is 0 Å². The minimum atomic E-state index is -0.968. The molecule has 0 saturated heterocycles. The van der Waals surface area contributed by atoms with E-state index in [4.69, 9.17) is 19.9 Å². The third-order valence-electron chi connectivity index (χ3n) is 3.76. The standard InChI is InChI=1S/C18H27NO7/c1-4-5-8-24-18(23)26-12(3)11(2)25-17(22)14(19)9-13-6-7-15(20)16(21)10-13/h6-7,10-12,14,20-21H,4-5,8-9,19H2,1-3H3/t11-,12-,14+/m1/s1. The van der Waals surface area contributed by atoms with Gasteiger partial charge in [0.05, 0.1) is 6.61 Å². The molecular formula is C18H27NO7. The number of ether oxygens (including phenoxy) is 3. The topological polar surface area (TPSA) is 128 Å². The predicted molar refractivity (Wildman–Crippen MR) is 93.8 cm³/mol. The molecule has 8 heteroatoms. The molecule has 0 spiro atoms. The third kappa shape index (κ3) is 7.18. The van der Waals surface area contributed by atoms with Crippen molar-refractivity contribution in [2.24, 2.45) is 5.73 Å². The molecule has 26 heavy (non-hydrogen) atoms. The van der Waals surface area contributed by atoms with Crippen molar-refractivity contribution in [2.45, 2.75) is 58.3 Å². The molecule has 0 saturated carbocycles. The summed E-state index contributed by atoms with van der Waals surface area (Å²) in [4.78, 5) is 23.6. The number of unbranched alkanes of at least 4 members (excludes halogenated alkanes) is 1. The fourth-order valence-electron chi connectivity index (χ4n) is 1.98. The second-order valence-electron chi connectivity index (χ2n) is 6.05. The fourth-order valence-corrected chi connectivity index (χ4v) is 1.98. The van der Waals surface area contributed by atoms with Gasteiger partial charge >= 0.3 is 12.1 Å². The van der Waals surface area contributed by atoms with E-state index in [1.165, 1.54) is 12.1 Å². The van der Waals surface area contributed by atoms with Gasteiger partial charge in [-0.15, -0.1) is 0 Å². The van der Waals surface area contributed by atoms with Gasteiger partial charge < -0.3 is 30.2 Å². The minimum Gasteiger partial charge on any atom is -0.504 e. The van der Waals surface area contributed by atoms with E-state index < -0.39 is 30.4 Å². The zero-order valence-electron chi connectivity index (χ0n) is 15.3. The number of benzene rings is 1. The molecule has 0 radical (unpaired) electrons. The van der Waals surface area contributed by atoms with Crippen molar-refractivity contribution in [1.29, 1.82) is 0 Å². The van der Waals surface area contributed by atoms with Crippen LogP contribution in [0, 0.1) is 0 Å². The monoisotopic (exact) mass is 369 g/mol. The Morgan fingerprint density at radius 2 is 1.77 bits per heavy atom. The molecule has 4 N–H and O–H groups in total. The Morgan fingerprint density at radius 1 is 1.12 bits per heavy atom. The lowest BCUT2D eigenvalue weighted by molar-refractivity contribution is -0.155. The molecule has 0 aliphatic heterocycles. The molecule has 3 atom stereocenters. The third-order valence-corrected chi connectivity index (χ3v) is 3.76. The quantitative estimate of drug-likeness (QED) is 0.343. The van der Waals surface area contributed by atoms with Crippen LogP contribution in [-0.2, 0) is 25.4 Å². The average Bonchev–Trinajstić information content (AvgIpc) is 2.58. The van der Waals surface area contributed by atoms with Gasteiger partial charge in [-0.25, -0.2) is 4.79 Å². The van der Waals surface area contributed by atoms with Gasteiger partial charge in [-0.05, 0) is 44.4 Å². The summed E-state index contributed by atoms with van der Waals surface area (Å²) in [5, 5.41) is 18.7. The van der Waals surface area contributed by atoms with E-state index in [2.05, 4.69) is 0 Å². The Hall–Kier alpha value is -2.48. The normalized spacial score (nSPS) is 14.2. The van der Waals surface area contributed by atoms with Crippen LogP contribution in [0.1, 0.15) is 39.2 Å². The maximum atomic E-state index is 12.1. The molecule has 0 bridgehead atoms. The molecule has 0 heterocycles. The van der Waals surface area contributed by atoms with Gasteiger partial charge in [0.1, 0.15) is 18.2 Å². The van der Waals surface area contributed by atoms with Gasteiger partial charge in [0, 0.05) is 0 Å². The molecule has 1 rings (SSSR count). The zero-order valence-corrected chi connectivity index (χ0v) is 15.3. The Balaban J connectivity index is 2.46. The smallest absolute Gasteiger partial charge is 0.504 e. The Kier molecular flexibility index (Phi) is 8.71. The van der Waals surface area contributed by atoms with Crippen LogP contribution in [0.4, 0.5) is 4.79 Å². The highest BCUT2D eigenvalue weighted by Gasteiger charge is 2.24. The number of carbonyl (C=O) groups is 2. The number of aromatic hydroxyl groups is 2. The molecule has 8 nitrogen and oxygen atoms in total. The van der Waals surface area contributed by atoms with Crippen molar-refractivity contribution in [3.05, 3.63) is 23.8 Å². The summed E-state index contributed by atoms with van der Waals surface area (Å²) in [6.07, 6.45) is -0.451. The van der Waals surface area contributed by atoms with Gasteiger partial charge in [-0.3, -0.25) is 4.79 Å². The van der Waals surface area contributed by atoms with Crippen LogP contribution in [0.25, 0.3) is 0 Å². The lowest BCUT2D eigenvalue weighted by Crippen LogP contribution is -2.39. The molecule has 1 aromatic carbocycles. The van der Waals surface area contributed by atoms with E-state index in [0.29, 0.717) is 5.56 Å². The number of carbonyl (C=O) groups excluding carboxylic acids is 2. The van der Waals surface area contributed by atoms with Crippen molar-refractivity contribution in [3.8, 4) is 11.5 Å². The Labute approximate surface area is 152 Å². The van der Waals surface area contributed by atoms with Gasteiger partial charge in [-0.2, -0.15) is 0 Å². The van der Waals surface area contributed by atoms with Crippen LogP contribution in [-0.4, -0.2) is 47.2 Å². The highest BCUT2D eigenvalue weighted by molar-refractivity contribution is 5.76. The van der Waals surface area contributed by atoms with Gasteiger partial charge in [0.2, 0.25) is 0 Å². The maximum Gasteiger partial charge on any atom is 0.508 e. The van der Waals surface area contributed by atoms with Crippen molar-refractivity contribution < 1.29 is 34.0 Å². The minimum absolute atomic E-state index is 0.119. The SMILES string of the molecule is CCCCOC(=O)O[C@H](C)[C@@H](C)OC(=O)[C@@H](N)Cc1ccc(O)c(O)c1. The van der Waals surface area contributed by atoms with Crippen molar-refractivity contribution >= 4 is 12.1 Å². The molecule has 0 aliphatic rings. The lowest BCUT2D eigenvalue weighted by atomic mass is 10.1. The van der Waals surface area contributed by atoms with E-state index in [1.54, 1.807) is 19.9 Å². The molecule has 0 aliphatic carbocycles. The van der Waals surface area contributed by atoms with Crippen LogP contribution in [0.5, 0.6) is 11.5 Å². The van der Waals surface area contributed by atoms with E-state index in [9.17, 15) is 19.8 Å². The van der Waals surface area contributed by atoms with Crippen LogP contribution in [0.15, 0.2) is 18.2 Å². The molecule has 0 amide bonds. The summed E-state index contributed by atoms with van der Waals surface area (Å²) >= 11 is 0. The Morgan fingerprint density at radius 3 is 2.38 bits per heavy atom. The van der Waals surface area contributed by atoms with Gasteiger partial charge in [0.15, 0.2) is 11.5 Å². The summed E-state index contributed by atoms with van der Waals surface area (Å²) in [5.41, 5.74) is 6.39. The molecule has 0 fully saturated rings. The molecular weight excluding hydrogens is 342 g/mol. The molecule has 0 unspecified atom stereocenters. The van der Waals surface area contributed by atoms with E-state index in [0.717, 1.165) is 12.8 Å². The maximum absolute atomic E-state index is 12.1. The lowest BCUT2D eigenvalue weighted by Gasteiger charge is -2.22. The van der Waals surface area contributed by atoms with Gasteiger partial charge in [-0.1, -0.05) is 19.4 Å². The number of hydrogen-bond acceptors (Lipinski definition) is 8. The number of rotatable bonds is 9.